The fraction of sp³-hybridized carbons (Fsp3) is 0.579. The quantitative estimate of drug-likeness (QED) is 0.422. The summed E-state index contributed by atoms with van der Waals surface area (Å²) in [7, 11) is 3.26. The van der Waals surface area contributed by atoms with Gasteiger partial charge in [-0.25, -0.2) is 0 Å². The fourth-order valence-corrected chi connectivity index (χ4v) is 3.60. The van der Waals surface area contributed by atoms with Crippen LogP contribution in [0, 0.1) is 5.92 Å². The Bertz CT molecular complexity index is 642. The minimum absolute atomic E-state index is 0.437. The Morgan fingerprint density at radius 1 is 1.04 bits per heavy atom. The summed E-state index contributed by atoms with van der Waals surface area (Å²) in [5, 5.41) is 7.63. The van der Waals surface area contributed by atoms with E-state index in [4.69, 9.17) is 33.9 Å². The van der Waals surface area contributed by atoms with E-state index in [2.05, 4.69) is 28.4 Å². The molecule has 0 saturated heterocycles. The molecule has 1 aromatic carbocycles. The molecule has 0 aromatic heterocycles. The monoisotopic (exact) mass is 410 g/mol. The van der Waals surface area contributed by atoms with E-state index >= 15 is 0 Å². The summed E-state index contributed by atoms with van der Waals surface area (Å²) >= 11 is 10.6. The van der Waals surface area contributed by atoms with Crippen LogP contribution in [-0.4, -0.2) is 37.0 Å². The molecule has 0 spiro atoms. The first-order valence-corrected chi connectivity index (χ1v) is 10.2. The average molecular weight is 411 g/mol. The SMILES string of the molecule is COc1ccc(CCNC(=S)NNC(=S)NC2CCCCC2C)cc1OC. The molecule has 6 nitrogen and oxygen atoms in total. The molecule has 1 saturated carbocycles. The van der Waals surface area contributed by atoms with Crippen molar-refractivity contribution in [3.8, 4) is 11.5 Å². The third kappa shape index (κ3) is 7.03. The van der Waals surface area contributed by atoms with Crippen molar-refractivity contribution >= 4 is 34.7 Å². The van der Waals surface area contributed by atoms with E-state index in [0.717, 1.165) is 29.9 Å². The molecule has 1 aliphatic rings. The molecule has 150 valence electrons. The van der Waals surface area contributed by atoms with E-state index in [9.17, 15) is 0 Å². The van der Waals surface area contributed by atoms with Gasteiger partial charge in [0.15, 0.2) is 21.7 Å². The third-order valence-corrected chi connectivity index (χ3v) is 5.33. The molecule has 2 atom stereocenters. The Balaban J connectivity index is 1.66. The Kier molecular flexibility index (Phi) is 8.87. The first-order chi connectivity index (χ1) is 13.0. The van der Waals surface area contributed by atoms with E-state index in [0.29, 0.717) is 28.7 Å². The Morgan fingerprint density at radius 2 is 1.74 bits per heavy atom. The zero-order valence-electron chi connectivity index (χ0n) is 16.3. The summed E-state index contributed by atoms with van der Waals surface area (Å²) in [6.45, 7) is 2.97. The minimum atomic E-state index is 0.437. The van der Waals surface area contributed by atoms with Crippen LogP contribution in [0.15, 0.2) is 18.2 Å². The number of methoxy groups -OCH3 is 2. The molecule has 2 unspecified atom stereocenters. The first-order valence-electron chi connectivity index (χ1n) is 9.34. The number of hydrogen-bond donors (Lipinski definition) is 4. The van der Waals surface area contributed by atoms with Gasteiger partial charge >= 0.3 is 0 Å². The van der Waals surface area contributed by atoms with Crippen molar-refractivity contribution in [1.82, 2.24) is 21.5 Å². The highest BCUT2D eigenvalue weighted by atomic mass is 32.1. The van der Waals surface area contributed by atoms with Crippen molar-refractivity contribution < 1.29 is 9.47 Å². The van der Waals surface area contributed by atoms with Crippen LogP contribution in [0.1, 0.15) is 38.2 Å². The summed E-state index contributed by atoms with van der Waals surface area (Å²) < 4.78 is 10.6. The lowest BCUT2D eigenvalue weighted by Crippen LogP contribution is -2.53. The van der Waals surface area contributed by atoms with E-state index in [1.54, 1.807) is 14.2 Å². The van der Waals surface area contributed by atoms with Gasteiger partial charge in [-0.2, -0.15) is 0 Å². The van der Waals surface area contributed by atoms with Gasteiger partial charge in [0, 0.05) is 12.6 Å². The van der Waals surface area contributed by atoms with Gasteiger partial charge in [-0.05, 0) is 67.3 Å². The van der Waals surface area contributed by atoms with Gasteiger partial charge in [-0.15, -0.1) is 0 Å². The van der Waals surface area contributed by atoms with Gasteiger partial charge in [-0.1, -0.05) is 25.8 Å². The maximum absolute atomic E-state index is 5.35. The predicted molar refractivity (Wildman–Crippen MR) is 117 cm³/mol. The second-order valence-electron chi connectivity index (χ2n) is 6.79. The van der Waals surface area contributed by atoms with Crippen molar-refractivity contribution in [3.05, 3.63) is 23.8 Å². The highest BCUT2D eigenvalue weighted by Crippen LogP contribution is 2.27. The molecule has 1 aromatic rings. The summed E-state index contributed by atoms with van der Waals surface area (Å²) in [5.41, 5.74) is 7.04. The summed E-state index contributed by atoms with van der Waals surface area (Å²) in [4.78, 5) is 0. The van der Waals surface area contributed by atoms with E-state index < -0.39 is 0 Å². The summed E-state index contributed by atoms with van der Waals surface area (Å²) in [6, 6.07) is 6.33. The third-order valence-electron chi connectivity index (χ3n) is 4.86. The fourth-order valence-electron chi connectivity index (χ4n) is 3.25. The van der Waals surface area contributed by atoms with Gasteiger partial charge in [-0.3, -0.25) is 10.9 Å². The number of hydrogen-bond acceptors (Lipinski definition) is 4. The van der Waals surface area contributed by atoms with E-state index in [1.165, 1.54) is 19.3 Å². The van der Waals surface area contributed by atoms with Gasteiger partial charge in [0.2, 0.25) is 0 Å². The molecule has 1 fully saturated rings. The summed E-state index contributed by atoms with van der Waals surface area (Å²) in [5.74, 6) is 2.10. The molecule has 2 rings (SSSR count). The Morgan fingerprint density at radius 3 is 2.44 bits per heavy atom. The number of nitrogens with one attached hydrogen (secondary N) is 4. The lowest BCUT2D eigenvalue weighted by molar-refractivity contribution is 0.308. The van der Waals surface area contributed by atoms with Crippen LogP contribution in [0.2, 0.25) is 0 Å². The van der Waals surface area contributed by atoms with Crippen molar-refractivity contribution in [2.75, 3.05) is 20.8 Å². The number of hydrazine groups is 1. The molecule has 0 aliphatic heterocycles. The van der Waals surface area contributed by atoms with Gasteiger partial charge < -0.3 is 20.1 Å². The molecule has 0 radical (unpaired) electrons. The second-order valence-corrected chi connectivity index (χ2v) is 7.60. The molecule has 27 heavy (non-hydrogen) atoms. The molecular formula is C19H30N4O2S2. The van der Waals surface area contributed by atoms with Crippen LogP contribution < -0.4 is 31.0 Å². The summed E-state index contributed by atoms with van der Waals surface area (Å²) in [6.07, 6.45) is 5.80. The lowest BCUT2D eigenvalue weighted by Gasteiger charge is -2.30. The average Bonchev–Trinajstić information content (AvgIpc) is 2.68. The van der Waals surface area contributed by atoms with Crippen molar-refractivity contribution in [2.45, 2.75) is 45.1 Å². The largest absolute Gasteiger partial charge is 0.493 e. The molecule has 0 heterocycles. The van der Waals surface area contributed by atoms with E-state index in [-0.39, 0.29) is 0 Å². The topological polar surface area (TPSA) is 66.6 Å². The molecule has 0 amide bonds. The molecule has 0 bridgehead atoms. The maximum Gasteiger partial charge on any atom is 0.185 e. The van der Waals surface area contributed by atoms with Crippen LogP contribution in [0.3, 0.4) is 0 Å². The number of benzene rings is 1. The lowest BCUT2D eigenvalue weighted by atomic mass is 9.86. The second kappa shape index (κ2) is 11.1. The predicted octanol–water partition coefficient (Wildman–Crippen LogP) is 2.67. The molecular weight excluding hydrogens is 380 g/mol. The number of rotatable bonds is 6. The standard InChI is InChI=1S/C19H30N4O2S2/c1-13-6-4-5-7-15(13)21-19(27)23-22-18(26)20-11-10-14-8-9-16(24-2)17(12-14)25-3/h8-9,12-13,15H,4-7,10-11H2,1-3H3,(H2,20,22,26)(H2,21,23,27). The van der Waals surface area contributed by atoms with Crippen LogP contribution >= 0.6 is 24.4 Å². The van der Waals surface area contributed by atoms with Gasteiger partial charge in [0.05, 0.1) is 14.2 Å². The van der Waals surface area contributed by atoms with Crippen LogP contribution in [0.4, 0.5) is 0 Å². The zero-order chi connectivity index (χ0) is 19.6. The van der Waals surface area contributed by atoms with Gasteiger partial charge in [0.1, 0.15) is 0 Å². The molecule has 4 N–H and O–H groups in total. The van der Waals surface area contributed by atoms with Crippen LogP contribution in [0.25, 0.3) is 0 Å². The minimum Gasteiger partial charge on any atom is -0.493 e. The van der Waals surface area contributed by atoms with Crippen molar-refractivity contribution in [1.29, 1.82) is 0 Å². The Hall–Kier alpha value is -1.80. The number of thiocarbonyl (C=S) groups is 2. The smallest absolute Gasteiger partial charge is 0.185 e. The normalized spacial score (nSPS) is 18.9. The molecule has 1 aliphatic carbocycles. The maximum atomic E-state index is 5.35. The highest BCUT2D eigenvalue weighted by Gasteiger charge is 2.21. The van der Waals surface area contributed by atoms with Crippen LogP contribution in [-0.2, 0) is 6.42 Å². The highest BCUT2D eigenvalue weighted by molar-refractivity contribution is 7.80. The molecule has 8 heteroatoms. The zero-order valence-corrected chi connectivity index (χ0v) is 17.9. The van der Waals surface area contributed by atoms with Crippen molar-refractivity contribution in [3.63, 3.8) is 0 Å². The number of ether oxygens (including phenoxy) is 2. The first kappa shape index (κ1) is 21.5. The van der Waals surface area contributed by atoms with Crippen molar-refractivity contribution in [2.24, 2.45) is 5.92 Å². The van der Waals surface area contributed by atoms with E-state index in [1.807, 2.05) is 18.2 Å². The van der Waals surface area contributed by atoms with Crippen LogP contribution in [0.5, 0.6) is 11.5 Å². The van der Waals surface area contributed by atoms with Gasteiger partial charge in [0.25, 0.3) is 0 Å². The Labute approximate surface area is 172 Å².